The highest BCUT2D eigenvalue weighted by atomic mass is 16.6. The Kier molecular flexibility index (Phi) is 4.18. The molecule has 7 atom stereocenters. The van der Waals surface area contributed by atoms with Crippen molar-refractivity contribution in [3.05, 3.63) is 23.8 Å². The Balaban J connectivity index is 1.97. The van der Waals surface area contributed by atoms with Crippen LogP contribution in [-0.2, 0) is 19.1 Å². The van der Waals surface area contributed by atoms with Gasteiger partial charge in [0.25, 0.3) is 0 Å². The van der Waals surface area contributed by atoms with E-state index >= 15 is 0 Å². The molecular formula is C24H32O5. The van der Waals surface area contributed by atoms with Crippen LogP contribution in [0.15, 0.2) is 23.8 Å². The van der Waals surface area contributed by atoms with E-state index in [4.69, 9.17) is 4.74 Å². The molecule has 0 saturated heterocycles. The van der Waals surface area contributed by atoms with Gasteiger partial charge in [-0.25, -0.2) is 0 Å². The Labute approximate surface area is 172 Å². The number of allylic oxidation sites excluding steroid dienone is 3. The molecule has 0 aliphatic heterocycles. The van der Waals surface area contributed by atoms with Crippen molar-refractivity contribution >= 4 is 17.5 Å². The maximum Gasteiger partial charge on any atom is 0.303 e. The maximum absolute atomic E-state index is 12.7. The molecule has 0 bridgehead atoms. The van der Waals surface area contributed by atoms with Gasteiger partial charge in [-0.3, -0.25) is 14.4 Å². The predicted molar refractivity (Wildman–Crippen MR) is 108 cm³/mol. The normalized spacial score (nSPS) is 47.8. The van der Waals surface area contributed by atoms with Gasteiger partial charge in [0.15, 0.2) is 11.6 Å². The largest absolute Gasteiger partial charge is 0.459 e. The van der Waals surface area contributed by atoms with E-state index in [1.807, 2.05) is 19.9 Å². The number of esters is 1. The molecule has 0 heterocycles. The van der Waals surface area contributed by atoms with Gasteiger partial charge in [-0.2, -0.15) is 0 Å². The number of ketones is 2. The van der Waals surface area contributed by atoms with Gasteiger partial charge in [-0.05, 0) is 41.7 Å². The lowest BCUT2D eigenvalue weighted by atomic mass is 9.38. The van der Waals surface area contributed by atoms with Gasteiger partial charge in [0.05, 0.1) is 6.10 Å². The van der Waals surface area contributed by atoms with Gasteiger partial charge in [0.1, 0.15) is 6.10 Å². The number of aliphatic hydroxyl groups is 1. The van der Waals surface area contributed by atoms with Gasteiger partial charge in [-0.1, -0.05) is 46.3 Å². The first-order chi connectivity index (χ1) is 13.3. The summed E-state index contributed by atoms with van der Waals surface area (Å²) in [6.07, 6.45) is 5.77. The van der Waals surface area contributed by atoms with Crippen molar-refractivity contribution < 1.29 is 24.2 Å². The summed E-state index contributed by atoms with van der Waals surface area (Å²) < 4.78 is 5.81. The molecule has 0 aromatic carbocycles. The third kappa shape index (κ3) is 2.46. The molecule has 0 aromatic heterocycles. The van der Waals surface area contributed by atoms with Crippen molar-refractivity contribution in [2.45, 2.75) is 73.0 Å². The summed E-state index contributed by atoms with van der Waals surface area (Å²) in [5.41, 5.74) is -1.16. The number of fused-ring (bicyclic) bond motifs is 5. The van der Waals surface area contributed by atoms with Crippen molar-refractivity contribution in [1.29, 1.82) is 0 Å². The average Bonchev–Trinajstić information content (AvgIpc) is 2.90. The lowest BCUT2D eigenvalue weighted by molar-refractivity contribution is -0.228. The van der Waals surface area contributed by atoms with Crippen LogP contribution in [0.3, 0.4) is 0 Å². The molecule has 1 N–H and O–H groups in total. The van der Waals surface area contributed by atoms with Gasteiger partial charge in [0.2, 0.25) is 0 Å². The lowest BCUT2D eigenvalue weighted by Crippen LogP contribution is -2.69. The second-order valence-electron chi connectivity index (χ2n) is 10.9. The van der Waals surface area contributed by atoms with Crippen LogP contribution >= 0.6 is 0 Å². The smallest absolute Gasteiger partial charge is 0.303 e. The van der Waals surface area contributed by atoms with Crippen LogP contribution in [0.5, 0.6) is 0 Å². The molecule has 0 unspecified atom stereocenters. The zero-order chi connectivity index (χ0) is 21.6. The maximum atomic E-state index is 12.7. The molecule has 5 heteroatoms. The lowest BCUT2D eigenvalue weighted by Gasteiger charge is -2.67. The molecular weight excluding hydrogens is 368 g/mol. The Bertz CT molecular complexity index is 866. The van der Waals surface area contributed by atoms with Gasteiger partial charge in [-0.15, -0.1) is 0 Å². The summed E-state index contributed by atoms with van der Waals surface area (Å²) in [5, 5.41) is 11.6. The van der Waals surface area contributed by atoms with Gasteiger partial charge < -0.3 is 9.84 Å². The van der Waals surface area contributed by atoms with Crippen molar-refractivity contribution in [2.75, 3.05) is 0 Å². The third-order valence-electron chi connectivity index (χ3n) is 8.77. The Hall–Kier alpha value is -1.75. The van der Waals surface area contributed by atoms with E-state index in [9.17, 15) is 19.5 Å². The van der Waals surface area contributed by atoms with E-state index in [1.165, 1.54) is 6.92 Å². The van der Waals surface area contributed by atoms with Gasteiger partial charge in [0, 0.05) is 30.1 Å². The molecule has 0 radical (unpaired) electrons. The van der Waals surface area contributed by atoms with Gasteiger partial charge >= 0.3 is 5.97 Å². The second-order valence-corrected chi connectivity index (χ2v) is 10.9. The molecule has 0 aromatic rings. The van der Waals surface area contributed by atoms with Crippen molar-refractivity contribution in [3.8, 4) is 0 Å². The number of carbonyl (C=O) groups excluding carboxylic acids is 3. The monoisotopic (exact) mass is 400 g/mol. The zero-order valence-corrected chi connectivity index (χ0v) is 18.2. The first kappa shape index (κ1) is 20.5. The standard InChI is InChI=1S/C24H32O5/c1-13(25)29-20-18(28)19-21(2,3)17(27)8-10-23(19,5)15-7-9-22(4)12-14(26)11-16(22)24(15,20)6/h8,10-11,15,18-20,28H,7,9,12H2,1-6H3/t15-,18-,19+,20-,22+,23-,24-/m1/s1. The zero-order valence-electron chi connectivity index (χ0n) is 18.2. The highest BCUT2D eigenvalue weighted by molar-refractivity contribution is 5.96. The van der Waals surface area contributed by atoms with Crippen LogP contribution in [0.25, 0.3) is 0 Å². The Morgan fingerprint density at radius 1 is 1.17 bits per heavy atom. The number of rotatable bonds is 1. The molecule has 158 valence electrons. The van der Waals surface area contributed by atoms with Crippen LogP contribution in [-0.4, -0.2) is 34.9 Å². The SMILES string of the molecule is CC(=O)O[C@@H]1[C@H](O)[C@H]2C(C)(C)C(=O)C=C[C@]2(C)[C@H]2CC[C@@]3(C)CC(=O)C=C3[C@]12C. The first-order valence-corrected chi connectivity index (χ1v) is 10.6. The summed E-state index contributed by atoms with van der Waals surface area (Å²) in [5.74, 6) is -0.702. The van der Waals surface area contributed by atoms with E-state index in [0.717, 1.165) is 18.4 Å². The third-order valence-corrected chi connectivity index (χ3v) is 8.77. The summed E-state index contributed by atoms with van der Waals surface area (Å²) in [6, 6.07) is 0. The average molecular weight is 401 g/mol. The van der Waals surface area contributed by atoms with Crippen LogP contribution in [0.4, 0.5) is 0 Å². The van der Waals surface area contributed by atoms with Crippen LogP contribution in [0.2, 0.25) is 0 Å². The highest BCUT2D eigenvalue weighted by Gasteiger charge is 2.71. The van der Waals surface area contributed by atoms with Crippen molar-refractivity contribution in [2.24, 2.45) is 33.5 Å². The van der Waals surface area contributed by atoms with E-state index in [0.29, 0.717) is 6.42 Å². The summed E-state index contributed by atoms with van der Waals surface area (Å²) >= 11 is 0. The van der Waals surface area contributed by atoms with E-state index < -0.39 is 34.4 Å². The number of hydrogen-bond donors (Lipinski definition) is 1. The molecule has 5 nitrogen and oxygen atoms in total. The molecule has 0 spiro atoms. The summed E-state index contributed by atoms with van der Waals surface area (Å²) in [6.45, 7) is 11.4. The minimum atomic E-state index is -1.01. The fraction of sp³-hybridized carbons (Fsp3) is 0.708. The number of hydrogen-bond acceptors (Lipinski definition) is 5. The topological polar surface area (TPSA) is 80.7 Å². The molecule has 4 aliphatic rings. The molecule has 0 amide bonds. The van der Waals surface area contributed by atoms with Crippen LogP contribution in [0.1, 0.15) is 60.8 Å². The number of ether oxygens (including phenoxy) is 1. The quantitative estimate of drug-likeness (QED) is 0.683. The van der Waals surface area contributed by atoms with Crippen molar-refractivity contribution in [1.82, 2.24) is 0 Å². The first-order valence-electron chi connectivity index (χ1n) is 10.6. The van der Waals surface area contributed by atoms with E-state index in [2.05, 4.69) is 20.8 Å². The second kappa shape index (κ2) is 5.90. The summed E-state index contributed by atoms with van der Waals surface area (Å²) in [4.78, 5) is 37.3. The highest BCUT2D eigenvalue weighted by Crippen LogP contribution is 2.70. The van der Waals surface area contributed by atoms with Crippen LogP contribution < -0.4 is 0 Å². The van der Waals surface area contributed by atoms with Crippen molar-refractivity contribution in [3.63, 3.8) is 0 Å². The van der Waals surface area contributed by atoms with Crippen LogP contribution in [0, 0.1) is 33.5 Å². The van der Waals surface area contributed by atoms with E-state index in [1.54, 1.807) is 12.2 Å². The fourth-order valence-corrected chi connectivity index (χ4v) is 7.69. The molecule has 4 aliphatic carbocycles. The Morgan fingerprint density at radius 3 is 2.45 bits per heavy atom. The molecule has 4 rings (SSSR count). The molecule has 2 fully saturated rings. The number of aliphatic hydroxyl groups excluding tert-OH is 1. The van der Waals surface area contributed by atoms with E-state index in [-0.39, 0.29) is 28.8 Å². The minimum Gasteiger partial charge on any atom is -0.459 e. The minimum absolute atomic E-state index is 0.0138. The molecule has 29 heavy (non-hydrogen) atoms. The summed E-state index contributed by atoms with van der Waals surface area (Å²) in [7, 11) is 0. The molecule has 2 saturated carbocycles. The Morgan fingerprint density at radius 2 is 1.83 bits per heavy atom. The predicted octanol–water partition coefficient (Wildman–Crippen LogP) is 3.40. The fourth-order valence-electron chi connectivity index (χ4n) is 7.69. The number of carbonyl (C=O) groups is 3.